The molecule has 1 aromatic carbocycles. The highest BCUT2D eigenvalue weighted by Crippen LogP contribution is 2.49. The second-order valence-electron chi connectivity index (χ2n) is 4.36. The quantitative estimate of drug-likeness (QED) is 0.486. The van der Waals surface area contributed by atoms with E-state index < -0.39 is 30.3 Å². The summed E-state index contributed by atoms with van der Waals surface area (Å²) in [5.74, 6) is -2.26. The maximum absolute atomic E-state index is 12.5. The first-order valence-corrected chi connectivity index (χ1v) is 7.99. The SMILES string of the molecule is CN1C(=O)C(Cl)(C(Cl)(Cl)S(=O)(=O)O)C(=O)c2ccccc21. The van der Waals surface area contributed by atoms with Crippen LogP contribution >= 0.6 is 34.8 Å². The number of amides is 1. The van der Waals surface area contributed by atoms with E-state index in [4.69, 9.17) is 39.4 Å². The Morgan fingerprint density at radius 3 is 2.29 bits per heavy atom. The van der Waals surface area contributed by atoms with Crippen molar-refractivity contribution in [3.05, 3.63) is 29.8 Å². The van der Waals surface area contributed by atoms with E-state index in [0.29, 0.717) is 0 Å². The Morgan fingerprint density at radius 2 is 1.76 bits per heavy atom. The van der Waals surface area contributed by atoms with Gasteiger partial charge in [0.2, 0.25) is 4.87 Å². The van der Waals surface area contributed by atoms with Gasteiger partial charge in [0.25, 0.3) is 9.57 Å². The molecule has 21 heavy (non-hydrogen) atoms. The van der Waals surface area contributed by atoms with Gasteiger partial charge in [0.05, 0.1) is 5.69 Å². The van der Waals surface area contributed by atoms with E-state index >= 15 is 0 Å². The summed E-state index contributed by atoms with van der Waals surface area (Å²) in [7, 11) is -3.95. The Kier molecular flexibility index (Phi) is 3.79. The van der Waals surface area contributed by atoms with Crippen LogP contribution in [-0.4, -0.2) is 40.2 Å². The van der Waals surface area contributed by atoms with E-state index in [1.165, 1.54) is 25.2 Å². The number of carbonyl (C=O) groups is 2. The van der Waals surface area contributed by atoms with Crippen LogP contribution in [0.3, 0.4) is 0 Å². The molecule has 1 aliphatic heterocycles. The van der Waals surface area contributed by atoms with Gasteiger partial charge in [-0.25, -0.2) is 0 Å². The van der Waals surface area contributed by atoms with Crippen molar-refractivity contribution in [1.82, 2.24) is 0 Å². The number of para-hydroxylation sites is 1. The average molecular weight is 373 g/mol. The smallest absolute Gasteiger partial charge is 0.302 e. The molecule has 0 aromatic heterocycles. The van der Waals surface area contributed by atoms with Gasteiger partial charge in [0.1, 0.15) is 0 Å². The molecule has 1 heterocycles. The lowest BCUT2D eigenvalue weighted by Crippen LogP contribution is -2.64. The molecule has 10 heteroatoms. The largest absolute Gasteiger partial charge is 0.313 e. The molecule has 1 unspecified atom stereocenters. The summed E-state index contributed by atoms with van der Waals surface area (Å²) in [5, 5.41) is 0. The maximum atomic E-state index is 12.5. The van der Waals surface area contributed by atoms with Crippen LogP contribution in [0.25, 0.3) is 0 Å². The standard InChI is InChI=1S/C11H8Cl3NO5S/c1-15-7-5-3-2-4-6(7)8(16)10(12,9(15)17)11(13,14)21(18,19)20/h2-5H,1H3,(H,18,19,20). The fourth-order valence-corrected chi connectivity index (χ4v) is 3.41. The van der Waals surface area contributed by atoms with Crippen LogP contribution in [0.5, 0.6) is 0 Å². The first-order chi connectivity index (χ1) is 9.46. The molecule has 1 N–H and O–H groups in total. The van der Waals surface area contributed by atoms with E-state index in [1.54, 1.807) is 6.07 Å². The summed E-state index contributed by atoms with van der Waals surface area (Å²) in [6, 6.07) is 5.88. The zero-order valence-corrected chi connectivity index (χ0v) is 13.5. The van der Waals surface area contributed by atoms with Gasteiger partial charge in [-0.15, -0.1) is 0 Å². The van der Waals surface area contributed by atoms with Crippen LogP contribution in [0.2, 0.25) is 0 Å². The van der Waals surface area contributed by atoms with Gasteiger partial charge in [0, 0.05) is 12.6 Å². The highest BCUT2D eigenvalue weighted by Gasteiger charge is 2.69. The van der Waals surface area contributed by atoms with Crippen molar-refractivity contribution in [3.8, 4) is 0 Å². The molecule has 0 fully saturated rings. The van der Waals surface area contributed by atoms with Crippen LogP contribution in [-0.2, 0) is 14.9 Å². The Labute approximate surface area is 135 Å². The monoisotopic (exact) mass is 371 g/mol. The number of carbonyl (C=O) groups excluding carboxylic acids is 2. The van der Waals surface area contributed by atoms with Crippen LogP contribution in [0.15, 0.2) is 24.3 Å². The predicted octanol–water partition coefficient (Wildman–Crippen LogP) is 1.84. The molecule has 114 valence electrons. The van der Waals surface area contributed by atoms with Gasteiger partial charge >= 0.3 is 10.1 Å². The highest BCUT2D eigenvalue weighted by atomic mass is 35.5. The zero-order valence-electron chi connectivity index (χ0n) is 10.4. The maximum Gasteiger partial charge on any atom is 0.302 e. The third-order valence-electron chi connectivity index (χ3n) is 3.15. The number of rotatable bonds is 2. The minimum absolute atomic E-state index is 0.0380. The zero-order chi connectivity index (χ0) is 16.2. The summed E-state index contributed by atoms with van der Waals surface area (Å²) in [5.41, 5.74) is 0.187. The highest BCUT2D eigenvalue weighted by molar-refractivity contribution is 7.90. The van der Waals surface area contributed by atoms with Gasteiger partial charge in [-0.05, 0) is 12.1 Å². The number of alkyl halides is 3. The molecule has 0 spiro atoms. The van der Waals surface area contributed by atoms with Crippen molar-refractivity contribution in [2.75, 3.05) is 11.9 Å². The molecule has 0 aliphatic carbocycles. The van der Waals surface area contributed by atoms with Gasteiger partial charge in [-0.3, -0.25) is 14.1 Å². The molecular formula is C11H8Cl3NO5S. The third kappa shape index (κ3) is 2.07. The van der Waals surface area contributed by atoms with E-state index in [-0.39, 0.29) is 11.3 Å². The number of Topliss-reactive ketones (excluding diaryl/α,β-unsaturated/α-hetero) is 1. The van der Waals surface area contributed by atoms with Crippen molar-refractivity contribution in [2.45, 2.75) is 8.54 Å². The molecule has 0 saturated heterocycles. The fourth-order valence-electron chi connectivity index (χ4n) is 2.02. The lowest BCUT2D eigenvalue weighted by Gasteiger charge is -2.40. The van der Waals surface area contributed by atoms with E-state index in [2.05, 4.69) is 0 Å². The Balaban J connectivity index is 2.78. The van der Waals surface area contributed by atoms with Crippen LogP contribution in [0.1, 0.15) is 10.4 Å². The summed E-state index contributed by atoms with van der Waals surface area (Å²) in [6.45, 7) is 0. The fraction of sp³-hybridized carbons (Fsp3) is 0.273. The molecule has 1 atom stereocenters. The normalized spacial score (nSPS) is 23.2. The van der Waals surface area contributed by atoms with Crippen molar-refractivity contribution in [1.29, 1.82) is 0 Å². The number of anilines is 1. The molecule has 1 aromatic rings. The van der Waals surface area contributed by atoms with Crippen molar-refractivity contribution in [2.24, 2.45) is 0 Å². The lowest BCUT2D eigenvalue weighted by molar-refractivity contribution is -0.119. The van der Waals surface area contributed by atoms with Gasteiger partial charge in [-0.1, -0.05) is 46.9 Å². The Bertz CT molecular complexity index is 748. The second-order valence-corrected chi connectivity index (χ2v) is 8.27. The first-order valence-electron chi connectivity index (χ1n) is 5.42. The number of hydrogen-bond acceptors (Lipinski definition) is 4. The van der Waals surface area contributed by atoms with E-state index in [9.17, 15) is 18.0 Å². The van der Waals surface area contributed by atoms with Crippen LogP contribution < -0.4 is 4.90 Å². The number of hydrogen-bond donors (Lipinski definition) is 1. The summed E-state index contributed by atoms with van der Waals surface area (Å²) in [6.07, 6.45) is 0. The van der Waals surface area contributed by atoms with E-state index in [0.717, 1.165) is 4.90 Å². The number of benzene rings is 1. The molecule has 1 amide bonds. The van der Waals surface area contributed by atoms with Crippen LogP contribution in [0.4, 0.5) is 5.69 Å². The van der Waals surface area contributed by atoms with Crippen LogP contribution in [0, 0.1) is 0 Å². The second kappa shape index (κ2) is 4.82. The molecule has 0 bridgehead atoms. The number of ketones is 1. The summed E-state index contributed by atoms with van der Waals surface area (Å²) in [4.78, 5) is 22.9. The predicted molar refractivity (Wildman–Crippen MR) is 78.8 cm³/mol. The Hall–Kier alpha value is -0.860. The molecule has 0 radical (unpaired) electrons. The van der Waals surface area contributed by atoms with Crippen molar-refractivity contribution < 1.29 is 22.6 Å². The average Bonchev–Trinajstić information content (AvgIpc) is 2.41. The molecule has 1 aliphatic rings. The van der Waals surface area contributed by atoms with Gasteiger partial charge < -0.3 is 4.90 Å². The minimum atomic E-state index is -5.22. The topological polar surface area (TPSA) is 91.8 Å². The van der Waals surface area contributed by atoms with Gasteiger partial charge in [-0.2, -0.15) is 8.42 Å². The van der Waals surface area contributed by atoms with Gasteiger partial charge in [0.15, 0.2) is 5.78 Å². The third-order valence-corrected chi connectivity index (χ3v) is 6.76. The lowest BCUT2D eigenvalue weighted by atomic mass is 9.90. The van der Waals surface area contributed by atoms with Crippen molar-refractivity contribution in [3.63, 3.8) is 0 Å². The number of fused-ring (bicyclic) bond motifs is 1. The number of halogens is 3. The van der Waals surface area contributed by atoms with Crippen molar-refractivity contribution >= 4 is 62.3 Å². The number of nitrogens with zero attached hydrogens (tertiary/aromatic N) is 1. The molecule has 6 nitrogen and oxygen atoms in total. The summed E-state index contributed by atoms with van der Waals surface area (Å²) >= 11 is 17.1. The summed E-state index contributed by atoms with van der Waals surface area (Å²) < 4.78 is 28.6. The Morgan fingerprint density at radius 1 is 1.24 bits per heavy atom. The molecule has 0 saturated carbocycles. The molecular weight excluding hydrogens is 365 g/mol. The molecule has 2 rings (SSSR count). The van der Waals surface area contributed by atoms with E-state index in [1.807, 2.05) is 0 Å². The minimum Gasteiger partial charge on any atom is -0.313 e. The first kappa shape index (κ1) is 16.5.